The van der Waals surface area contributed by atoms with Gasteiger partial charge in [-0.3, -0.25) is 4.79 Å². The number of fused-ring (bicyclic) bond motifs is 1. The number of aromatic nitrogens is 2. The quantitative estimate of drug-likeness (QED) is 0.181. The zero-order valence-electron chi connectivity index (χ0n) is 19.2. The molecule has 8 heteroatoms. The summed E-state index contributed by atoms with van der Waals surface area (Å²) in [5.41, 5.74) is 6.81. The van der Waals surface area contributed by atoms with Gasteiger partial charge in [-0.1, -0.05) is 65.7 Å². The molecule has 0 saturated carbocycles. The molecule has 0 N–H and O–H groups in total. The molecular weight excluding hydrogens is 544 g/mol. The summed E-state index contributed by atoms with van der Waals surface area (Å²) in [5, 5.41) is 7.97. The van der Waals surface area contributed by atoms with E-state index in [4.69, 9.17) is 25.7 Å². The molecule has 5 aromatic rings. The summed E-state index contributed by atoms with van der Waals surface area (Å²) in [6, 6.07) is 23.0. The fourth-order valence-electron chi connectivity index (χ4n) is 3.84. The Labute approximate surface area is 220 Å². The second-order valence-corrected chi connectivity index (χ2v) is 9.45. The van der Waals surface area contributed by atoms with E-state index in [1.54, 1.807) is 18.2 Å². The van der Waals surface area contributed by atoms with Crippen molar-refractivity contribution in [2.45, 2.75) is 20.1 Å². The molecule has 0 amide bonds. The van der Waals surface area contributed by atoms with Crippen molar-refractivity contribution in [1.82, 2.24) is 10.3 Å². The molecule has 36 heavy (non-hydrogen) atoms. The fourth-order valence-corrected chi connectivity index (χ4v) is 4.67. The summed E-state index contributed by atoms with van der Waals surface area (Å²) in [4.78, 5) is 11.6. The fraction of sp³-hybridized carbons (Fsp3) is 0.107. The third-order valence-corrected chi connectivity index (χ3v) is 6.93. The standard InChI is InChI=1S/C28H20BrClN2O4/c1-17-4-2-5-19(10-17)22-7-3-6-20(28(22)29)16-35-27-13-26(21(14-33)12-23(27)30)34-15-18-8-9-24-25(11-18)32-36-31-24/h2-14H,15-16H2,1H3. The molecule has 180 valence electrons. The highest BCUT2D eigenvalue weighted by Gasteiger charge is 2.14. The number of rotatable bonds is 8. The minimum Gasteiger partial charge on any atom is -0.488 e. The van der Waals surface area contributed by atoms with Gasteiger partial charge < -0.3 is 9.47 Å². The molecule has 1 aromatic heterocycles. The minimum absolute atomic E-state index is 0.217. The molecule has 0 saturated heterocycles. The van der Waals surface area contributed by atoms with Crippen LogP contribution in [0.4, 0.5) is 0 Å². The molecule has 0 aliphatic rings. The van der Waals surface area contributed by atoms with Crippen molar-refractivity contribution in [2.75, 3.05) is 0 Å². The molecule has 5 rings (SSSR count). The number of aldehydes is 1. The number of carbonyl (C=O) groups excluding carboxylic acids is 1. The number of nitrogens with zero attached hydrogens (tertiary/aromatic N) is 2. The number of carbonyl (C=O) groups is 1. The molecule has 0 bridgehead atoms. The first-order chi connectivity index (χ1) is 17.5. The summed E-state index contributed by atoms with van der Waals surface area (Å²) < 4.78 is 17.7. The van der Waals surface area contributed by atoms with Gasteiger partial charge in [-0.15, -0.1) is 0 Å². The summed E-state index contributed by atoms with van der Waals surface area (Å²) in [6.07, 6.45) is 0.706. The summed E-state index contributed by atoms with van der Waals surface area (Å²) in [5.74, 6) is 0.789. The second kappa shape index (κ2) is 10.5. The van der Waals surface area contributed by atoms with Crippen LogP contribution < -0.4 is 9.47 Å². The Kier molecular flexibility index (Phi) is 7.02. The van der Waals surface area contributed by atoms with Gasteiger partial charge in [-0.2, -0.15) is 0 Å². The van der Waals surface area contributed by atoms with Crippen LogP contribution in [0.5, 0.6) is 11.5 Å². The van der Waals surface area contributed by atoms with Crippen LogP contribution in [0.3, 0.4) is 0 Å². The van der Waals surface area contributed by atoms with Crippen molar-refractivity contribution in [3.8, 4) is 22.6 Å². The number of ether oxygens (including phenoxy) is 2. The van der Waals surface area contributed by atoms with E-state index in [0.717, 1.165) is 26.7 Å². The maximum atomic E-state index is 11.6. The van der Waals surface area contributed by atoms with Crippen LogP contribution in [0.1, 0.15) is 27.0 Å². The van der Waals surface area contributed by atoms with Crippen LogP contribution in [0, 0.1) is 6.92 Å². The lowest BCUT2D eigenvalue weighted by Crippen LogP contribution is -2.02. The molecule has 0 aliphatic heterocycles. The average Bonchev–Trinajstić information content (AvgIpc) is 3.35. The van der Waals surface area contributed by atoms with Crippen LogP contribution in [-0.4, -0.2) is 16.6 Å². The Hall–Kier alpha value is -3.68. The lowest BCUT2D eigenvalue weighted by atomic mass is 10.0. The van der Waals surface area contributed by atoms with Gasteiger partial charge in [0.05, 0.1) is 10.6 Å². The predicted molar refractivity (Wildman–Crippen MR) is 142 cm³/mol. The first kappa shape index (κ1) is 24.0. The van der Waals surface area contributed by atoms with E-state index in [9.17, 15) is 4.79 Å². The molecule has 1 heterocycles. The normalized spacial score (nSPS) is 11.0. The van der Waals surface area contributed by atoms with Crippen LogP contribution in [0.25, 0.3) is 22.2 Å². The Balaban J connectivity index is 1.35. The molecule has 0 fully saturated rings. The molecule has 6 nitrogen and oxygen atoms in total. The SMILES string of the molecule is Cc1cccc(-c2cccc(COc3cc(OCc4ccc5nonc5c4)c(C=O)cc3Cl)c2Br)c1. The minimum atomic E-state index is 0.217. The Morgan fingerprint density at radius 1 is 0.917 bits per heavy atom. The summed E-state index contributed by atoms with van der Waals surface area (Å²) in [7, 11) is 0. The van der Waals surface area contributed by atoms with Gasteiger partial charge in [0.25, 0.3) is 0 Å². The highest BCUT2D eigenvalue weighted by atomic mass is 79.9. The second-order valence-electron chi connectivity index (χ2n) is 8.25. The highest BCUT2D eigenvalue weighted by Crippen LogP contribution is 2.35. The third kappa shape index (κ3) is 5.12. The van der Waals surface area contributed by atoms with E-state index < -0.39 is 0 Å². The van der Waals surface area contributed by atoms with E-state index in [1.165, 1.54) is 5.56 Å². The average molecular weight is 564 g/mol. The molecule has 0 unspecified atom stereocenters. The van der Waals surface area contributed by atoms with Crippen molar-refractivity contribution in [2.24, 2.45) is 0 Å². The van der Waals surface area contributed by atoms with Crippen LogP contribution >= 0.6 is 27.5 Å². The van der Waals surface area contributed by atoms with E-state index in [2.05, 4.69) is 57.4 Å². The zero-order chi connectivity index (χ0) is 25.1. The molecule has 0 spiro atoms. The summed E-state index contributed by atoms with van der Waals surface area (Å²) in [6.45, 7) is 2.56. The van der Waals surface area contributed by atoms with Gasteiger partial charge in [0.2, 0.25) is 0 Å². The van der Waals surface area contributed by atoms with Crippen molar-refractivity contribution in [1.29, 1.82) is 0 Å². The highest BCUT2D eigenvalue weighted by molar-refractivity contribution is 9.10. The van der Waals surface area contributed by atoms with Gasteiger partial charge in [-0.25, -0.2) is 4.63 Å². The van der Waals surface area contributed by atoms with Gasteiger partial charge in [-0.05, 0) is 68.1 Å². The molecular formula is C28H20BrClN2O4. The van der Waals surface area contributed by atoms with Gasteiger partial charge >= 0.3 is 0 Å². The molecule has 0 radical (unpaired) electrons. The smallest absolute Gasteiger partial charge is 0.153 e. The van der Waals surface area contributed by atoms with E-state index in [0.29, 0.717) is 39.4 Å². The van der Waals surface area contributed by atoms with Crippen molar-refractivity contribution >= 4 is 44.9 Å². The maximum absolute atomic E-state index is 11.6. The molecule has 4 aromatic carbocycles. The van der Waals surface area contributed by atoms with E-state index in [-0.39, 0.29) is 13.2 Å². The number of benzene rings is 4. The van der Waals surface area contributed by atoms with Crippen molar-refractivity contribution < 1.29 is 18.9 Å². The topological polar surface area (TPSA) is 74.5 Å². The van der Waals surface area contributed by atoms with Gasteiger partial charge in [0, 0.05) is 16.1 Å². The Bertz CT molecular complexity index is 1570. The zero-order valence-corrected chi connectivity index (χ0v) is 21.5. The summed E-state index contributed by atoms with van der Waals surface area (Å²) >= 11 is 10.2. The first-order valence-electron chi connectivity index (χ1n) is 11.1. The lowest BCUT2D eigenvalue weighted by Gasteiger charge is -2.15. The number of hydrogen-bond acceptors (Lipinski definition) is 6. The van der Waals surface area contributed by atoms with Gasteiger partial charge in [0.15, 0.2) is 6.29 Å². The monoisotopic (exact) mass is 562 g/mol. The first-order valence-corrected chi connectivity index (χ1v) is 12.3. The maximum Gasteiger partial charge on any atom is 0.153 e. The Morgan fingerprint density at radius 3 is 2.56 bits per heavy atom. The molecule has 0 aliphatic carbocycles. The van der Waals surface area contributed by atoms with Crippen molar-refractivity contribution in [3.05, 3.63) is 105 Å². The molecule has 0 atom stereocenters. The van der Waals surface area contributed by atoms with Gasteiger partial charge in [0.1, 0.15) is 35.7 Å². The lowest BCUT2D eigenvalue weighted by molar-refractivity contribution is 0.111. The predicted octanol–water partition coefficient (Wildman–Crippen LogP) is 7.58. The number of aryl methyl sites for hydroxylation is 1. The van der Waals surface area contributed by atoms with Crippen LogP contribution in [0.15, 0.2) is 81.9 Å². The van der Waals surface area contributed by atoms with Crippen molar-refractivity contribution in [3.63, 3.8) is 0 Å². The Morgan fingerprint density at radius 2 is 1.72 bits per heavy atom. The number of halogens is 2. The third-order valence-electron chi connectivity index (χ3n) is 5.69. The van der Waals surface area contributed by atoms with Crippen LogP contribution in [-0.2, 0) is 13.2 Å². The number of hydrogen-bond donors (Lipinski definition) is 0. The largest absolute Gasteiger partial charge is 0.488 e. The van der Waals surface area contributed by atoms with Crippen LogP contribution in [0.2, 0.25) is 5.02 Å². The van der Waals surface area contributed by atoms with E-state index in [1.807, 2.05) is 30.3 Å². The van der Waals surface area contributed by atoms with E-state index >= 15 is 0 Å².